The molecule has 5 nitrogen and oxygen atoms in total. The second-order valence-corrected chi connectivity index (χ2v) is 4.09. The minimum Gasteiger partial charge on any atom is -0.329 e. The molecule has 0 spiro atoms. The van der Waals surface area contributed by atoms with E-state index in [9.17, 15) is 13.2 Å². The van der Waals surface area contributed by atoms with Crippen LogP contribution in [0.5, 0.6) is 0 Å². The van der Waals surface area contributed by atoms with Gasteiger partial charge in [0.1, 0.15) is 0 Å². The normalized spacial score (nSPS) is 19.8. The zero-order valence-corrected chi connectivity index (χ0v) is 9.37. The summed E-state index contributed by atoms with van der Waals surface area (Å²) in [6, 6.07) is 0. The molecular weight excluding hydrogens is 237 g/mol. The van der Waals surface area contributed by atoms with E-state index in [0.29, 0.717) is 6.54 Å². The highest BCUT2D eigenvalue weighted by Gasteiger charge is 2.38. The maximum atomic E-state index is 12.2. The highest BCUT2D eigenvalue weighted by atomic mass is 19.4. The van der Waals surface area contributed by atoms with E-state index in [0.717, 1.165) is 26.2 Å². The quantitative estimate of drug-likeness (QED) is 0.778. The van der Waals surface area contributed by atoms with Gasteiger partial charge >= 0.3 is 12.1 Å². The van der Waals surface area contributed by atoms with Crippen LogP contribution in [0.15, 0.2) is 4.52 Å². The summed E-state index contributed by atoms with van der Waals surface area (Å²) in [5.41, 5.74) is 0. The lowest BCUT2D eigenvalue weighted by Crippen LogP contribution is -2.44. The summed E-state index contributed by atoms with van der Waals surface area (Å²) in [5.74, 6) is -1.19. The van der Waals surface area contributed by atoms with Crippen molar-refractivity contribution in [3.8, 4) is 0 Å². The minimum absolute atomic E-state index is 0.0851. The molecule has 0 aromatic carbocycles. The molecule has 0 bridgehead atoms. The van der Waals surface area contributed by atoms with Crippen LogP contribution >= 0.6 is 0 Å². The molecule has 0 N–H and O–H groups in total. The van der Waals surface area contributed by atoms with Crippen LogP contribution in [0.3, 0.4) is 0 Å². The SMILES string of the molecule is CN1CCN(Cc2noc(C(F)(F)F)n2)CC1. The smallest absolute Gasteiger partial charge is 0.329 e. The predicted octanol–water partition coefficient (Wildman–Crippen LogP) is 0.836. The van der Waals surface area contributed by atoms with Gasteiger partial charge in [0.15, 0.2) is 5.82 Å². The van der Waals surface area contributed by atoms with E-state index in [1.165, 1.54) is 0 Å². The third-order valence-electron chi connectivity index (χ3n) is 2.67. The highest BCUT2D eigenvalue weighted by molar-refractivity contribution is 4.90. The second-order valence-electron chi connectivity index (χ2n) is 4.09. The lowest BCUT2D eigenvalue weighted by atomic mass is 10.3. The summed E-state index contributed by atoms with van der Waals surface area (Å²) in [5, 5.41) is 3.33. The van der Waals surface area contributed by atoms with Crippen molar-refractivity contribution in [2.75, 3.05) is 33.2 Å². The molecule has 1 aliphatic heterocycles. The van der Waals surface area contributed by atoms with Gasteiger partial charge in [-0.25, -0.2) is 0 Å². The van der Waals surface area contributed by atoms with Crippen molar-refractivity contribution >= 4 is 0 Å². The Kier molecular flexibility index (Phi) is 3.34. The molecule has 96 valence electrons. The van der Waals surface area contributed by atoms with Gasteiger partial charge in [0, 0.05) is 26.2 Å². The Morgan fingerprint density at radius 1 is 1.24 bits per heavy atom. The third kappa shape index (κ3) is 3.16. The standard InChI is InChI=1S/C9H13F3N4O/c1-15-2-4-16(5-3-15)6-7-13-8(17-14-7)9(10,11)12/h2-6H2,1H3. The van der Waals surface area contributed by atoms with Crippen molar-refractivity contribution < 1.29 is 17.7 Å². The Bertz CT molecular complexity index is 371. The molecule has 2 rings (SSSR count). The van der Waals surface area contributed by atoms with Gasteiger partial charge in [0.2, 0.25) is 0 Å². The molecule has 0 unspecified atom stereocenters. The molecule has 0 radical (unpaired) electrons. The van der Waals surface area contributed by atoms with E-state index in [1.807, 2.05) is 11.9 Å². The number of hydrogen-bond acceptors (Lipinski definition) is 5. The molecule has 1 aromatic rings. The Morgan fingerprint density at radius 3 is 2.41 bits per heavy atom. The molecule has 0 atom stereocenters. The zero-order valence-electron chi connectivity index (χ0n) is 9.37. The zero-order chi connectivity index (χ0) is 12.5. The number of alkyl halides is 3. The fourth-order valence-corrected chi connectivity index (χ4v) is 1.64. The van der Waals surface area contributed by atoms with E-state index in [1.54, 1.807) is 0 Å². The van der Waals surface area contributed by atoms with Crippen molar-refractivity contribution in [3.63, 3.8) is 0 Å². The van der Waals surface area contributed by atoms with Crippen molar-refractivity contribution in [2.24, 2.45) is 0 Å². The van der Waals surface area contributed by atoms with Crippen LogP contribution in [0.4, 0.5) is 13.2 Å². The lowest BCUT2D eigenvalue weighted by molar-refractivity contribution is -0.159. The summed E-state index contributed by atoms with van der Waals surface area (Å²) in [6.45, 7) is 3.68. The third-order valence-corrected chi connectivity index (χ3v) is 2.67. The van der Waals surface area contributed by atoms with E-state index in [2.05, 4.69) is 19.6 Å². The van der Waals surface area contributed by atoms with E-state index in [4.69, 9.17) is 0 Å². The van der Waals surface area contributed by atoms with Gasteiger partial charge in [-0.2, -0.15) is 18.2 Å². The Hall–Kier alpha value is -1.15. The first-order chi connectivity index (χ1) is 7.95. The monoisotopic (exact) mass is 250 g/mol. The van der Waals surface area contributed by atoms with Gasteiger partial charge in [0.25, 0.3) is 0 Å². The number of aromatic nitrogens is 2. The van der Waals surface area contributed by atoms with Crippen LogP contribution < -0.4 is 0 Å². The van der Waals surface area contributed by atoms with E-state index in [-0.39, 0.29) is 5.82 Å². The van der Waals surface area contributed by atoms with Gasteiger partial charge in [0.05, 0.1) is 6.54 Å². The van der Waals surface area contributed by atoms with Gasteiger partial charge < -0.3 is 9.42 Å². The average molecular weight is 250 g/mol. The van der Waals surface area contributed by atoms with E-state index >= 15 is 0 Å². The van der Waals surface area contributed by atoms with Gasteiger partial charge in [-0.05, 0) is 7.05 Å². The molecule has 17 heavy (non-hydrogen) atoms. The first-order valence-corrected chi connectivity index (χ1v) is 5.26. The molecule has 1 aliphatic rings. The minimum atomic E-state index is -4.56. The van der Waals surface area contributed by atoms with Crippen LogP contribution in [0.1, 0.15) is 11.7 Å². The van der Waals surface area contributed by atoms with Gasteiger partial charge in [-0.15, -0.1) is 0 Å². The molecule has 0 amide bonds. The number of likely N-dealkylation sites (N-methyl/N-ethyl adjacent to an activating group) is 1. The summed E-state index contributed by atoms with van der Waals surface area (Å²) in [6.07, 6.45) is -4.56. The molecule has 1 saturated heterocycles. The molecule has 0 saturated carbocycles. The molecule has 2 heterocycles. The van der Waals surface area contributed by atoms with Crippen LogP contribution in [0, 0.1) is 0 Å². The number of hydrogen-bond donors (Lipinski definition) is 0. The largest absolute Gasteiger partial charge is 0.471 e. The summed E-state index contributed by atoms with van der Waals surface area (Å²) in [7, 11) is 2.01. The number of rotatable bonds is 2. The predicted molar refractivity (Wildman–Crippen MR) is 52.1 cm³/mol. The van der Waals surface area contributed by atoms with Crippen molar-refractivity contribution in [1.29, 1.82) is 0 Å². The second kappa shape index (κ2) is 4.61. The van der Waals surface area contributed by atoms with Crippen molar-refractivity contribution in [2.45, 2.75) is 12.7 Å². The van der Waals surface area contributed by atoms with Gasteiger partial charge in [-0.1, -0.05) is 5.16 Å². The van der Waals surface area contributed by atoms with Crippen LogP contribution in [-0.2, 0) is 12.7 Å². The number of piperazine rings is 1. The summed E-state index contributed by atoms with van der Waals surface area (Å²) < 4.78 is 40.8. The van der Waals surface area contributed by atoms with Crippen LogP contribution in [0.2, 0.25) is 0 Å². The Morgan fingerprint density at radius 2 is 1.88 bits per heavy atom. The van der Waals surface area contributed by atoms with Crippen LogP contribution in [-0.4, -0.2) is 53.2 Å². The van der Waals surface area contributed by atoms with Crippen molar-refractivity contribution in [1.82, 2.24) is 19.9 Å². The number of nitrogens with zero attached hydrogens (tertiary/aromatic N) is 4. The maximum absolute atomic E-state index is 12.2. The summed E-state index contributed by atoms with van der Waals surface area (Å²) in [4.78, 5) is 7.50. The molecular formula is C9H13F3N4O. The fraction of sp³-hybridized carbons (Fsp3) is 0.778. The Labute approximate surface area is 96.2 Å². The number of halogens is 3. The first kappa shape index (κ1) is 12.3. The van der Waals surface area contributed by atoms with Crippen molar-refractivity contribution in [3.05, 3.63) is 11.7 Å². The lowest BCUT2D eigenvalue weighted by Gasteiger charge is -2.31. The fourth-order valence-electron chi connectivity index (χ4n) is 1.64. The molecule has 0 aliphatic carbocycles. The first-order valence-electron chi connectivity index (χ1n) is 5.26. The molecule has 8 heteroatoms. The molecule has 1 aromatic heterocycles. The average Bonchev–Trinajstić information content (AvgIpc) is 2.69. The maximum Gasteiger partial charge on any atom is 0.471 e. The highest BCUT2D eigenvalue weighted by Crippen LogP contribution is 2.27. The Balaban J connectivity index is 1.93. The summed E-state index contributed by atoms with van der Waals surface area (Å²) >= 11 is 0. The topological polar surface area (TPSA) is 45.4 Å². The van der Waals surface area contributed by atoms with Crippen LogP contribution in [0.25, 0.3) is 0 Å². The van der Waals surface area contributed by atoms with E-state index < -0.39 is 12.1 Å². The van der Waals surface area contributed by atoms with Gasteiger partial charge in [-0.3, -0.25) is 4.90 Å². The molecule has 1 fully saturated rings.